The molecule has 0 unspecified atom stereocenters. The number of rotatable bonds is 4. The number of phenols is 1. The number of nitrogens with one attached hydrogen (secondary N) is 1. The van der Waals surface area contributed by atoms with Gasteiger partial charge in [0, 0.05) is 12.1 Å². The van der Waals surface area contributed by atoms with Crippen LogP contribution in [0.3, 0.4) is 0 Å². The maximum Gasteiger partial charge on any atom is 0.224 e. The van der Waals surface area contributed by atoms with Crippen LogP contribution in [0, 0.1) is 5.92 Å². The van der Waals surface area contributed by atoms with Crippen LogP contribution < -0.4 is 5.32 Å². The van der Waals surface area contributed by atoms with Gasteiger partial charge in [-0.2, -0.15) is 0 Å². The second kappa shape index (κ2) is 5.48. The Hall–Kier alpha value is -1.84. The van der Waals surface area contributed by atoms with Crippen molar-refractivity contribution in [3.05, 3.63) is 23.8 Å². The molecule has 2 N–H and O–H groups in total. The largest absolute Gasteiger partial charge is 0.507 e. The number of anilines is 1. The van der Waals surface area contributed by atoms with Crippen molar-refractivity contribution in [2.24, 2.45) is 5.92 Å². The van der Waals surface area contributed by atoms with Gasteiger partial charge in [-0.05, 0) is 31.0 Å². The van der Waals surface area contributed by atoms with Crippen LogP contribution in [0.1, 0.15) is 37.6 Å². The van der Waals surface area contributed by atoms with E-state index in [1.165, 1.54) is 19.1 Å². The smallest absolute Gasteiger partial charge is 0.224 e. The van der Waals surface area contributed by atoms with Gasteiger partial charge in [-0.3, -0.25) is 9.59 Å². The van der Waals surface area contributed by atoms with E-state index in [1.54, 1.807) is 6.07 Å². The minimum atomic E-state index is -0.234. The number of phenolic OH excluding ortho intramolecular Hbond substituents is 1. The van der Waals surface area contributed by atoms with Crippen LogP contribution in [-0.2, 0) is 4.79 Å². The van der Waals surface area contributed by atoms with Crippen molar-refractivity contribution in [1.29, 1.82) is 0 Å². The molecule has 0 aliphatic rings. The van der Waals surface area contributed by atoms with Gasteiger partial charge in [0.05, 0.1) is 5.56 Å². The summed E-state index contributed by atoms with van der Waals surface area (Å²) in [6.45, 7) is 5.28. The van der Waals surface area contributed by atoms with E-state index < -0.39 is 0 Å². The Morgan fingerprint density at radius 3 is 2.53 bits per heavy atom. The van der Waals surface area contributed by atoms with E-state index in [4.69, 9.17) is 0 Å². The molecule has 0 radical (unpaired) electrons. The van der Waals surface area contributed by atoms with Crippen molar-refractivity contribution in [3.8, 4) is 5.75 Å². The Balaban J connectivity index is 2.82. The Labute approximate surface area is 101 Å². The van der Waals surface area contributed by atoms with Crippen LogP contribution in [0.15, 0.2) is 18.2 Å². The summed E-state index contributed by atoms with van der Waals surface area (Å²) in [5.74, 6) is -0.124. The molecule has 0 aliphatic heterocycles. The third kappa shape index (κ3) is 3.90. The quantitative estimate of drug-likeness (QED) is 0.622. The minimum absolute atomic E-state index is 0.0700. The van der Waals surface area contributed by atoms with Gasteiger partial charge in [0.2, 0.25) is 5.91 Å². The van der Waals surface area contributed by atoms with Gasteiger partial charge in [-0.25, -0.2) is 0 Å². The molecule has 0 bridgehead atoms. The highest BCUT2D eigenvalue weighted by Gasteiger charge is 2.10. The van der Waals surface area contributed by atoms with Gasteiger partial charge in [0.1, 0.15) is 5.75 Å². The number of benzene rings is 1. The zero-order valence-corrected chi connectivity index (χ0v) is 10.3. The first-order valence-corrected chi connectivity index (χ1v) is 5.54. The first-order chi connectivity index (χ1) is 7.90. The van der Waals surface area contributed by atoms with Crippen molar-refractivity contribution in [2.75, 3.05) is 5.32 Å². The molecule has 0 saturated heterocycles. The monoisotopic (exact) mass is 235 g/mol. The molecule has 92 valence electrons. The summed E-state index contributed by atoms with van der Waals surface area (Å²) >= 11 is 0. The first-order valence-electron chi connectivity index (χ1n) is 5.54. The SMILES string of the molecule is CC(=O)c1cc(NC(=O)CC(C)C)ccc1O. The highest BCUT2D eigenvalue weighted by atomic mass is 16.3. The van der Waals surface area contributed by atoms with Gasteiger partial charge < -0.3 is 10.4 Å². The number of ketones is 1. The zero-order chi connectivity index (χ0) is 13.0. The van der Waals surface area contributed by atoms with E-state index in [0.29, 0.717) is 12.1 Å². The number of hydrogen-bond donors (Lipinski definition) is 2. The molecule has 4 nitrogen and oxygen atoms in total. The van der Waals surface area contributed by atoms with E-state index in [-0.39, 0.29) is 28.9 Å². The lowest BCUT2D eigenvalue weighted by Gasteiger charge is -2.09. The number of Topliss-reactive ketones (excluding diaryl/α,β-unsaturated/α-hetero) is 1. The van der Waals surface area contributed by atoms with Gasteiger partial charge >= 0.3 is 0 Å². The Bertz CT molecular complexity index is 438. The molecular formula is C13H17NO3. The third-order valence-corrected chi connectivity index (χ3v) is 2.25. The van der Waals surface area contributed by atoms with Crippen molar-refractivity contribution < 1.29 is 14.7 Å². The molecule has 17 heavy (non-hydrogen) atoms. The fourth-order valence-corrected chi connectivity index (χ4v) is 1.48. The molecule has 0 spiro atoms. The Morgan fingerprint density at radius 2 is 2.00 bits per heavy atom. The van der Waals surface area contributed by atoms with Crippen molar-refractivity contribution in [1.82, 2.24) is 0 Å². The maximum absolute atomic E-state index is 11.5. The number of amides is 1. The second-order valence-corrected chi connectivity index (χ2v) is 4.43. The summed E-state index contributed by atoms with van der Waals surface area (Å²) in [5.41, 5.74) is 0.742. The lowest BCUT2D eigenvalue weighted by Crippen LogP contribution is -2.14. The average molecular weight is 235 g/mol. The van der Waals surface area contributed by atoms with Crippen molar-refractivity contribution in [2.45, 2.75) is 27.2 Å². The van der Waals surface area contributed by atoms with Gasteiger partial charge in [-0.1, -0.05) is 13.8 Å². The van der Waals surface area contributed by atoms with E-state index in [2.05, 4.69) is 5.32 Å². The van der Waals surface area contributed by atoms with Crippen LogP contribution in [0.5, 0.6) is 5.75 Å². The highest BCUT2D eigenvalue weighted by molar-refractivity contribution is 5.99. The number of carbonyl (C=O) groups is 2. The Kier molecular flexibility index (Phi) is 4.26. The number of hydrogen-bond acceptors (Lipinski definition) is 3. The fourth-order valence-electron chi connectivity index (χ4n) is 1.48. The van der Waals surface area contributed by atoms with E-state index in [1.807, 2.05) is 13.8 Å². The van der Waals surface area contributed by atoms with Gasteiger partial charge in [-0.15, -0.1) is 0 Å². The standard InChI is InChI=1S/C13H17NO3/c1-8(2)6-13(17)14-10-4-5-12(16)11(7-10)9(3)15/h4-5,7-8,16H,6H2,1-3H3,(H,14,17). The molecule has 0 fully saturated rings. The van der Waals surface area contributed by atoms with Crippen LogP contribution in [0.25, 0.3) is 0 Å². The first kappa shape index (κ1) is 13.2. The van der Waals surface area contributed by atoms with E-state index >= 15 is 0 Å². The molecule has 0 saturated carbocycles. The summed E-state index contributed by atoms with van der Waals surface area (Å²) in [6, 6.07) is 4.46. The molecule has 0 heterocycles. The van der Waals surface area contributed by atoms with Crippen molar-refractivity contribution in [3.63, 3.8) is 0 Å². The maximum atomic E-state index is 11.5. The minimum Gasteiger partial charge on any atom is -0.507 e. The molecule has 1 aromatic carbocycles. The predicted molar refractivity (Wildman–Crippen MR) is 66.2 cm³/mol. The number of aromatic hydroxyl groups is 1. The highest BCUT2D eigenvalue weighted by Crippen LogP contribution is 2.22. The van der Waals surface area contributed by atoms with Gasteiger partial charge in [0.25, 0.3) is 0 Å². The molecule has 1 amide bonds. The third-order valence-electron chi connectivity index (χ3n) is 2.25. The molecular weight excluding hydrogens is 218 g/mol. The van der Waals surface area contributed by atoms with E-state index in [0.717, 1.165) is 0 Å². The van der Waals surface area contributed by atoms with Gasteiger partial charge in [0.15, 0.2) is 5.78 Å². The predicted octanol–water partition coefficient (Wildman–Crippen LogP) is 2.58. The molecule has 0 aliphatic carbocycles. The topological polar surface area (TPSA) is 66.4 Å². The second-order valence-electron chi connectivity index (χ2n) is 4.43. The zero-order valence-electron chi connectivity index (χ0n) is 10.3. The lowest BCUT2D eigenvalue weighted by molar-refractivity contribution is -0.116. The Morgan fingerprint density at radius 1 is 1.35 bits per heavy atom. The van der Waals surface area contributed by atoms with Crippen LogP contribution >= 0.6 is 0 Å². The summed E-state index contributed by atoms with van der Waals surface area (Å²) < 4.78 is 0. The number of carbonyl (C=O) groups excluding carboxylic acids is 2. The van der Waals surface area contributed by atoms with Crippen LogP contribution in [-0.4, -0.2) is 16.8 Å². The summed E-state index contributed by atoms with van der Waals surface area (Å²) in [5, 5.41) is 12.1. The average Bonchev–Trinajstić information content (AvgIpc) is 2.19. The lowest BCUT2D eigenvalue weighted by atomic mass is 10.1. The molecule has 1 rings (SSSR count). The fraction of sp³-hybridized carbons (Fsp3) is 0.385. The summed E-state index contributed by atoms with van der Waals surface area (Å²) in [7, 11) is 0. The summed E-state index contributed by atoms with van der Waals surface area (Å²) in [6.07, 6.45) is 0.427. The van der Waals surface area contributed by atoms with E-state index in [9.17, 15) is 14.7 Å². The molecule has 0 aromatic heterocycles. The normalized spacial score (nSPS) is 10.4. The molecule has 0 atom stereocenters. The summed E-state index contributed by atoms with van der Waals surface area (Å²) in [4.78, 5) is 22.7. The van der Waals surface area contributed by atoms with Crippen LogP contribution in [0.2, 0.25) is 0 Å². The van der Waals surface area contributed by atoms with Crippen LogP contribution in [0.4, 0.5) is 5.69 Å². The van der Waals surface area contributed by atoms with Crippen molar-refractivity contribution >= 4 is 17.4 Å². The molecule has 1 aromatic rings. The molecule has 4 heteroatoms.